The molecule has 292 valence electrons. The molecule has 3 N–H and O–H groups in total. The van der Waals surface area contributed by atoms with Crippen LogP contribution in [0.5, 0.6) is 0 Å². The molecule has 11 heteroatoms. The van der Waals surface area contributed by atoms with Gasteiger partial charge in [0.1, 0.15) is 30.0 Å². The largest absolute Gasteiger partial charge is 0.482 e. The number of carbonyl (C=O) groups is 2. The Morgan fingerprint density at radius 1 is 0.942 bits per heavy atom. The molecule has 0 radical (unpaired) electrons. The first-order valence-electron chi connectivity index (χ1n) is 19.9. The second kappa shape index (κ2) is 11.7. The molecule has 3 spiro atoms. The van der Waals surface area contributed by atoms with Gasteiger partial charge < -0.3 is 43.7 Å². The molecule has 0 amide bonds. The van der Waals surface area contributed by atoms with Crippen LogP contribution in [0, 0.1) is 50.7 Å². The molecule has 5 aliphatic carbocycles. The van der Waals surface area contributed by atoms with Crippen molar-refractivity contribution in [3.05, 3.63) is 11.8 Å². The molecule has 17 atom stereocenters. The smallest absolute Gasteiger partial charge is 0.303 e. The summed E-state index contributed by atoms with van der Waals surface area (Å²) in [5.74, 6) is -0.413. The number of hydrogen-bond acceptors (Lipinski definition) is 11. The van der Waals surface area contributed by atoms with Gasteiger partial charge in [-0.15, -0.1) is 0 Å². The zero-order valence-corrected chi connectivity index (χ0v) is 32.6. The number of aliphatic hydroxyl groups excluding tert-OH is 3. The van der Waals surface area contributed by atoms with E-state index in [4.69, 9.17) is 28.4 Å². The first-order chi connectivity index (χ1) is 24.3. The van der Waals surface area contributed by atoms with Crippen LogP contribution in [0.15, 0.2) is 11.8 Å². The van der Waals surface area contributed by atoms with Crippen LogP contribution in [0.25, 0.3) is 0 Å². The molecule has 3 saturated heterocycles. The van der Waals surface area contributed by atoms with Crippen LogP contribution >= 0.6 is 0 Å². The van der Waals surface area contributed by atoms with Crippen molar-refractivity contribution in [3.63, 3.8) is 0 Å². The van der Waals surface area contributed by atoms with E-state index in [2.05, 4.69) is 34.6 Å². The summed E-state index contributed by atoms with van der Waals surface area (Å²) in [5.41, 5.74) is -1.50. The van der Waals surface area contributed by atoms with Crippen LogP contribution in [0.1, 0.15) is 114 Å². The molecule has 8 aliphatic rings. The van der Waals surface area contributed by atoms with Crippen LogP contribution in [-0.4, -0.2) is 94.6 Å². The fourth-order valence-electron chi connectivity index (χ4n) is 14.8. The molecule has 0 aromatic rings. The summed E-state index contributed by atoms with van der Waals surface area (Å²) in [6.07, 6.45) is 3.81. The number of allylic oxidation sites excluding steroid dienone is 2. The van der Waals surface area contributed by atoms with Gasteiger partial charge in [0.15, 0.2) is 30.2 Å². The van der Waals surface area contributed by atoms with Gasteiger partial charge >= 0.3 is 5.97 Å². The third-order valence-corrected chi connectivity index (χ3v) is 16.9. The zero-order valence-electron chi connectivity index (χ0n) is 32.6. The van der Waals surface area contributed by atoms with Crippen LogP contribution < -0.4 is 0 Å². The van der Waals surface area contributed by atoms with E-state index in [1.54, 1.807) is 6.92 Å². The summed E-state index contributed by atoms with van der Waals surface area (Å²) in [6, 6.07) is 0. The summed E-state index contributed by atoms with van der Waals surface area (Å²) in [6.45, 7) is 18.5. The minimum absolute atomic E-state index is 0.00364. The second-order valence-electron chi connectivity index (χ2n) is 19.7. The van der Waals surface area contributed by atoms with Crippen LogP contribution in [0.4, 0.5) is 0 Å². The summed E-state index contributed by atoms with van der Waals surface area (Å²) < 4.78 is 37.9. The zero-order chi connectivity index (χ0) is 37.6. The highest BCUT2D eigenvalue weighted by Gasteiger charge is 2.88. The molecule has 3 aliphatic heterocycles. The van der Waals surface area contributed by atoms with E-state index in [1.807, 2.05) is 13.8 Å². The van der Waals surface area contributed by atoms with Crippen LogP contribution in [0.3, 0.4) is 0 Å². The van der Waals surface area contributed by atoms with Crippen molar-refractivity contribution in [2.45, 2.75) is 174 Å². The lowest BCUT2D eigenvalue weighted by Crippen LogP contribution is -2.61. The van der Waals surface area contributed by atoms with Gasteiger partial charge in [0.2, 0.25) is 0 Å². The Morgan fingerprint density at radius 2 is 1.63 bits per heavy atom. The average molecular weight is 731 g/mol. The predicted octanol–water partition coefficient (Wildman–Crippen LogP) is 4.82. The van der Waals surface area contributed by atoms with E-state index < -0.39 is 53.6 Å². The quantitative estimate of drug-likeness (QED) is 0.109. The molecule has 52 heavy (non-hydrogen) atoms. The van der Waals surface area contributed by atoms with E-state index >= 15 is 0 Å². The molecule has 8 fully saturated rings. The van der Waals surface area contributed by atoms with Crippen molar-refractivity contribution in [1.29, 1.82) is 0 Å². The SMILES string of the molecule is C/C=C(\C=O)O[C@@H]1CO[C@@H](O[C@H]2CC[C@]34C[C@]35CC[C@]3(C)[C@H]6[C@H](C)C[C@H]7O[C@@]6(O[C@@H]7C(C)(C)OC(C)=O)[C@H](O)[C@@]3(C)[C@@H]5CC[C@H]4C2(C)C)[C@H](O)[C@H]1O. The summed E-state index contributed by atoms with van der Waals surface area (Å²) in [7, 11) is 0. The molecular weight excluding hydrogens is 668 g/mol. The standard InChI is InChI=1S/C41H62O11/c1-10-23(18-42)48-25-19-47-33(30(45)29(25)44)49-28-13-14-39-20-40(39)16-15-37(8)31-21(2)17-24-32(36(6,7)50-22(3)43)52-41(31,51-24)34(46)38(37,9)27(40)12-11-26(39)35(28,4)5/h10,18,21,24-34,44-46H,11-17,19-20H2,1-9H3/b23-10+/t21-,24-,25-,26+,27+,28+,29+,30-,31-,32+,33+,34-,37-,38-,39-,40+,41+/m1/s1. The van der Waals surface area contributed by atoms with Crippen LogP contribution in [-0.2, 0) is 38.0 Å². The lowest BCUT2D eigenvalue weighted by Gasteiger charge is -2.63. The first kappa shape index (κ1) is 37.3. The van der Waals surface area contributed by atoms with E-state index in [1.165, 1.54) is 13.0 Å². The third-order valence-electron chi connectivity index (χ3n) is 16.9. The fraction of sp³-hybridized carbons (Fsp3) is 0.902. The second-order valence-corrected chi connectivity index (χ2v) is 19.7. The van der Waals surface area contributed by atoms with Gasteiger partial charge in [-0.1, -0.05) is 34.6 Å². The van der Waals surface area contributed by atoms with Crippen molar-refractivity contribution in [3.8, 4) is 0 Å². The molecular formula is C41H62O11. The molecule has 0 aromatic heterocycles. The Labute approximate surface area is 308 Å². The van der Waals surface area contributed by atoms with E-state index in [0.29, 0.717) is 18.1 Å². The molecule has 11 nitrogen and oxygen atoms in total. The number of esters is 1. The number of aliphatic hydroxyl groups is 3. The molecule has 0 aromatic carbocycles. The number of ether oxygens (including phenoxy) is 6. The Balaban J connectivity index is 1.03. The lowest BCUT2D eigenvalue weighted by molar-refractivity contribution is -0.304. The maximum absolute atomic E-state index is 12.9. The Bertz CT molecular complexity index is 1510. The van der Waals surface area contributed by atoms with Gasteiger partial charge in [-0.3, -0.25) is 9.59 Å². The fourth-order valence-corrected chi connectivity index (χ4v) is 14.8. The monoisotopic (exact) mass is 730 g/mol. The number of aldehydes is 1. The summed E-state index contributed by atoms with van der Waals surface area (Å²) >= 11 is 0. The van der Waals surface area contributed by atoms with E-state index in [0.717, 1.165) is 51.4 Å². The molecule has 5 saturated carbocycles. The topological polar surface area (TPSA) is 150 Å². The van der Waals surface area contributed by atoms with Gasteiger partial charge in [-0.25, -0.2) is 0 Å². The lowest BCUT2D eigenvalue weighted by atomic mass is 9.41. The third kappa shape index (κ3) is 4.56. The molecule has 3 heterocycles. The molecule has 0 unspecified atom stereocenters. The Morgan fingerprint density at radius 3 is 2.31 bits per heavy atom. The van der Waals surface area contributed by atoms with Crippen molar-refractivity contribution >= 4 is 12.3 Å². The van der Waals surface area contributed by atoms with Crippen molar-refractivity contribution in [1.82, 2.24) is 0 Å². The highest BCUT2D eigenvalue weighted by atomic mass is 16.8. The number of rotatable bonds is 7. The highest BCUT2D eigenvalue weighted by molar-refractivity contribution is 5.70. The predicted molar refractivity (Wildman–Crippen MR) is 187 cm³/mol. The van der Waals surface area contributed by atoms with Gasteiger partial charge in [-0.05, 0) is 118 Å². The summed E-state index contributed by atoms with van der Waals surface area (Å²) in [4.78, 5) is 23.4. The minimum Gasteiger partial charge on any atom is -0.482 e. The number of carbonyl (C=O) groups excluding carboxylic acids is 2. The first-order valence-corrected chi connectivity index (χ1v) is 19.9. The van der Waals surface area contributed by atoms with Gasteiger partial charge in [0, 0.05) is 18.3 Å². The minimum atomic E-state index is -1.32. The average Bonchev–Trinajstić information content (AvgIpc) is 3.59. The maximum Gasteiger partial charge on any atom is 0.303 e. The normalized spacial score (nSPS) is 54.5. The number of fused-ring (bicyclic) bond motifs is 4. The number of hydrogen-bond donors (Lipinski definition) is 3. The van der Waals surface area contributed by atoms with Gasteiger partial charge in [-0.2, -0.15) is 0 Å². The van der Waals surface area contributed by atoms with Gasteiger partial charge in [0.05, 0.1) is 18.8 Å². The van der Waals surface area contributed by atoms with E-state index in [9.17, 15) is 24.9 Å². The highest BCUT2D eigenvalue weighted by Crippen LogP contribution is 2.90. The maximum atomic E-state index is 12.9. The van der Waals surface area contributed by atoms with Crippen molar-refractivity contribution in [2.24, 2.45) is 50.7 Å². The summed E-state index contributed by atoms with van der Waals surface area (Å²) in [5, 5.41) is 34.8. The Kier molecular flexibility index (Phi) is 8.41. The Hall–Kier alpha value is -1.60. The van der Waals surface area contributed by atoms with E-state index in [-0.39, 0.29) is 64.0 Å². The molecule has 8 rings (SSSR count). The molecule has 2 bridgehead atoms. The van der Waals surface area contributed by atoms with Crippen molar-refractivity contribution < 1.29 is 53.3 Å². The van der Waals surface area contributed by atoms with Gasteiger partial charge in [0.25, 0.3) is 0 Å². The van der Waals surface area contributed by atoms with Crippen LogP contribution in [0.2, 0.25) is 0 Å². The van der Waals surface area contributed by atoms with Crippen molar-refractivity contribution in [2.75, 3.05) is 6.61 Å².